The molecule has 0 amide bonds. The molecule has 0 fully saturated rings. The second-order valence-corrected chi connectivity index (χ2v) is 8.01. The quantitative estimate of drug-likeness (QED) is 0.697. The zero-order chi connectivity index (χ0) is 14.3. The monoisotopic (exact) mass is 281 g/mol. The number of hydrogen-bond acceptors (Lipinski definition) is 2. The summed E-state index contributed by atoms with van der Waals surface area (Å²) in [5, 5.41) is 5.85. The Bertz CT molecular complexity index is 324. The van der Waals surface area contributed by atoms with E-state index in [0.29, 0.717) is 11.5 Å². The van der Waals surface area contributed by atoms with Gasteiger partial charge in [-0.2, -0.15) is 0 Å². The van der Waals surface area contributed by atoms with E-state index in [0.717, 1.165) is 12.5 Å². The van der Waals surface area contributed by atoms with Crippen LogP contribution in [0.25, 0.3) is 0 Å². The molecule has 0 bridgehead atoms. The van der Waals surface area contributed by atoms with Crippen LogP contribution in [0.4, 0.5) is 0 Å². The highest BCUT2D eigenvalue weighted by Crippen LogP contribution is 2.27. The van der Waals surface area contributed by atoms with Crippen LogP contribution in [0.2, 0.25) is 0 Å². The van der Waals surface area contributed by atoms with Crippen molar-refractivity contribution in [3.63, 3.8) is 0 Å². The molecule has 0 saturated carbocycles. The first-order chi connectivity index (χ1) is 8.90. The van der Waals surface area contributed by atoms with E-state index in [1.807, 2.05) is 11.3 Å². The van der Waals surface area contributed by atoms with E-state index in [9.17, 15) is 0 Å². The van der Waals surface area contributed by atoms with Crippen LogP contribution in [0.1, 0.15) is 58.8 Å². The van der Waals surface area contributed by atoms with Gasteiger partial charge in [-0.1, -0.05) is 40.7 Å². The average molecular weight is 282 g/mol. The van der Waals surface area contributed by atoms with Crippen molar-refractivity contribution in [3.05, 3.63) is 22.4 Å². The first kappa shape index (κ1) is 16.7. The normalized spacial score (nSPS) is 15.4. The molecule has 0 aromatic carbocycles. The molecule has 19 heavy (non-hydrogen) atoms. The van der Waals surface area contributed by atoms with Crippen LogP contribution in [-0.4, -0.2) is 12.6 Å². The molecule has 0 aliphatic heterocycles. The molecule has 1 N–H and O–H groups in total. The minimum atomic E-state index is 0.448. The second kappa shape index (κ2) is 8.06. The lowest BCUT2D eigenvalue weighted by Gasteiger charge is -2.27. The third-order valence-electron chi connectivity index (χ3n) is 3.46. The standard InChI is InChI=1S/C17H31NS/c1-6-18-15(9-10-16-8-7-11-19-16)12-14(2)13-17(3,4)5/h7-8,11,14-15,18H,6,9-10,12-13H2,1-5H3. The van der Waals surface area contributed by atoms with E-state index < -0.39 is 0 Å². The van der Waals surface area contributed by atoms with Crippen molar-refractivity contribution in [3.8, 4) is 0 Å². The highest BCUT2D eigenvalue weighted by molar-refractivity contribution is 7.09. The van der Waals surface area contributed by atoms with Crippen molar-refractivity contribution in [2.75, 3.05) is 6.54 Å². The zero-order valence-corrected chi connectivity index (χ0v) is 14.1. The van der Waals surface area contributed by atoms with Gasteiger partial charge >= 0.3 is 0 Å². The van der Waals surface area contributed by atoms with Gasteiger partial charge in [0.15, 0.2) is 0 Å². The van der Waals surface area contributed by atoms with Crippen LogP contribution in [0, 0.1) is 11.3 Å². The lowest BCUT2D eigenvalue weighted by atomic mass is 9.82. The molecule has 0 radical (unpaired) electrons. The fourth-order valence-corrected chi connectivity index (χ4v) is 3.70. The molecule has 1 aromatic rings. The number of nitrogens with one attached hydrogen (secondary N) is 1. The molecule has 1 nitrogen and oxygen atoms in total. The molecule has 2 heteroatoms. The Morgan fingerprint density at radius 3 is 2.58 bits per heavy atom. The van der Waals surface area contributed by atoms with Crippen LogP contribution in [-0.2, 0) is 6.42 Å². The summed E-state index contributed by atoms with van der Waals surface area (Å²) in [5.74, 6) is 0.799. The third kappa shape index (κ3) is 7.74. The summed E-state index contributed by atoms with van der Waals surface area (Å²) in [4.78, 5) is 1.52. The molecule has 1 rings (SSSR count). The Labute approximate surface area is 123 Å². The number of hydrogen-bond donors (Lipinski definition) is 1. The fraction of sp³-hybridized carbons (Fsp3) is 0.765. The van der Waals surface area contributed by atoms with Gasteiger partial charge in [-0.05, 0) is 55.0 Å². The maximum atomic E-state index is 3.67. The summed E-state index contributed by atoms with van der Waals surface area (Å²) in [6, 6.07) is 5.08. The predicted octanol–water partition coefficient (Wildman–Crippen LogP) is 5.12. The van der Waals surface area contributed by atoms with E-state index >= 15 is 0 Å². The summed E-state index contributed by atoms with van der Waals surface area (Å²) in [6.45, 7) is 12.7. The van der Waals surface area contributed by atoms with Crippen molar-refractivity contribution in [1.82, 2.24) is 5.32 Å². The van der Waals surface area contributed by atoms with Gasteiger partial charge in [0, 0.05) is 10.9 Å². The summed E-state index contributed by atoms with van der Waals surface area (Å²) < 4.78 is 0. The van der Waals surface area contributed by atoms with Gasteiger partial charge < -0.3 is 5.32 Å². The summed E-state index contributed by atoms with van der Waals surface area (Å²) >= 11 is 1.88. The van der Waals surface area contributed by atoms with Crippen LogP contribution in [0.15, 0.2) is 17.5 Å². The molecule has 2 atom stereocenters. The Kier molecular flexibility index (Phi) is 7.09. The van der Waals surface area contributed by atoms with Gasteiger partial charge in [0.1, 0.15) is 0 Å². The van der Waals surface area contributed by atoms with E-state index in [1.165, 1.54) is 30.6 Å². The van der Waals surface area contributed by atoms with Gasteiger partial charge in [0.05, 0.1) is 0 Å². The zero-order valence-electron chi connectivity index (χ0n) is 13.3. The predicted molar refractivity (Wildman–Crippen MR) is 88.0 cm³/mol. The molecular formula is C17H31NS. The number of aryl methyl sites for hydroxylation is 1. The Balaban J connectivity index is 2.39. The minimum Gasteiger partial charge on any atom is -0.314 e. The summed E-state index contributed by atoms with van der Waals surface area (Å²) in [6.07, 6.45) is 5.10. The van der Waals surface area contributed by atoms with E-state index in [1.54, 1.807) is 0 Å². The summed E-state index contributed by atoms with van der Waals surface area (Å²) in [5.41, 5.74) is 0.448. The van der Waals surface area contributed by atoms with Gasteiger partial charge in [-0.15, -0.1) is 11.3 Å². The van der Waals surface area contributed by atoms with Crippen LogP contribution in [0.3, 0.4) is 0 Å². The van der Waals surface area contributed by atoms with Crippen LogP contribution < -0.4 is 5.32 Å². The molecule has 0 aliphatic carbocycles. The van der Waals surface area contributed by atoms with Gasteiger partial charge in [0.25, 0.3) is 0 Å². The van der Waals surface area contributed by atoms with E-state index in [-0.39, 0.29) is 0 Å². The summed E-state index contributed by atoms with van der Waals surface area (Å²) in [7, 11) is 0. The second-order valence-electron chi connectivity index (χ2n) is 6.98. The Hall–Kier alpha value is -0.340. The van der Waals surface area contributed by atoms with Crippen LogP contribution in [0.5, 0.6) is 0 Å². The first-order valence-corrected chi connectivity index (χ1v) is 8.54. The molecule has 1 heterocycles. The molecule has 110 valence electrons. The maximum absolute atomic E-state index is 3.67. The number of rotatable bonds is 8. The van der Waals surface area contributed by atoms with Crippen molar-refractivity contribution < 1.29 is 0 Å². The molecule has 1 aromatic heterocycles. The van der Waals surface area contributed by atoms with Crippen LogP contribution >= 0.6 is 11.3 Å². The van der Waals surface area contributed by atoms with Gasteiger partial charge in [-0.25, -0.2) is 0 Å². The first-order valence-electron chi connectivity index (χ1n) is 7.66. The Morgan fingerprint density at radius 2 is 2.05 bits per heavy atom. The molecule has 2 unspecified atom stereocenters. The Morgan fingerprint density at radius 1 is 1.32 bits per heavy atom. The van der Waals surface area contributed by atoms with Crippen molar-refractivity contribution >= 4 is 11.3 Å². The minimum absolute atomic E-state index is 0.448. The van der Waals surface area contributed by atoms with E-state index in [2.05, 4.69) is 57.4 Å². The largest absolute Gasteiger partial charge is 0.314 e. The van der Waals surface area contributed by atoms with Gasteiger partial charge in [-0.3, -0.25) is 0 Å². The molecule has 0 aliphatic rings. The molecule has 0 spiro atoms. The lowest BCUT2D eigenvalue weighted by Crippen LogP contribution is -2.31. The fourth-order valence-electron chi connectivity index (χ4n) is 2.98. The maximum Gasteiger partial charge on any atom is 0.00729 e. The average Bonchev–Trinajstić information content (AvgIpc) is 2.76. The SMILES string of the molecule is CCNC(CCc1cccs1)CC(C)CC(C)(C)C. The van der Waals surface area contributed by atoms with E-state index in [4.69, 9.17) is 0 Å². The smallest absolute Gasteiger partial charge is 0.00729 e. The van der Waals surface area contributed by atoms with Crippen molar-refractivity contribution in [2.45, 2.75) is 66.3 Å². The lowest BCUT2D eigenvalue weighted by molar-refractivity contribution is 0.272. The molecular weight excluding hydrogens is 250 g/mol. The molecule has 0 saturated heterocycles. The highest BCUT2D eigenvalue weighted by atomic mass is 32.1. The van der Waals surface area contributed by atoms with Crippen molar-refractivity contribution in [1.29, 1.82) is 0 Å². The van der Waals surface area contributed by atoms with Gasteiger partial charge in [0.2, 0.25) is 0 Å². The number of thiophene rings is 1. The van der Waals surface area contributed by atoms with Crippen molar-refractivity contribution in [2.24, 2.45) is 11.3 Å². The topological polar surface area (TPSA) is 12.0 Å². The highest BCUT2D eigenvalue weighted by Gasteiger charge is 2.18. The third-order valence-corrected chi connectivity index (χ3v) is 4.40.